The first-order valence-electron chi connectivity index (χ1n) is 24.0. The highest BCUT2D eigenvalue weighted by Gasteiger charge is 2.39. The van der Waals surface area contributed by atoms with E-state index in [1.165, 1.54) is 125 Å². The first-order chi connectivity index (χ1) is 29.8. The van der Waals surface area contributed by atoms with Crippen LogP contribution in [0.15, 0.2) is 60.7 Å². The van der Waals surface area contributed by atoms with E-state index in [1.807, 2.05) is 6.92 Å². The van der Waals surface area contributed by atoms with Crippen LogP contribution in [0, 0.1) is 10.8 Å². The third kappa shape index (κ3) is 15.3. The zero-order chi connectivity index (χ0) is 42.8. The second kappa shape index (κ2) is 24.6. The molecule has 2 aromatic rings. The van der Waals surface area contributed by atoms with Gasteiger partial charge in [0.2, 0.25) is 0 Å². The fraction of sp³-hybridized carbons (Fsp3) is 0.654. The van der Waals surface area contributed by atoms with Crippen LogP contribution in [0.4, 0.5) is 0 Å². The lowest BCUT2D eigenvalue weighted by Crippen LogP contribution is -2.30. The minimum Gasteiger partial charge on any atom is -0.490 e. The molecule has 2 aromatic carbocycles. The van der Waals surface area contributed by atoms with Crippen molar-refractivity contribution in [1.29, 1.82) is 0 Å². The predicted octanol–water partition coefficient (Wildman–Crippen LogP) is 12.2. The molecule has 0 bridgehead atoms. The Hall–Kier alpha value is -3.14. The van der Waals surface area contributed by atoms with Gasteiger partial charge >= 0.3 is 11.9 Å². The number of halogens is 1. The lowest BCUT2D eigenvalue weighted by atomic mass is 9.72. The van der Waals surface area contributed by atoms with Crippen LogP contribution in [0.25, 0.3) is 11.1 Å². The zero-order valence-electron chi connectivity index (χ0n) is 37.2. The minimum absolute atomic E-state index is 0.100. The summed E-state index contributed by atoms with van der Waals surface area (Å²) in [7, 11) is 0. The highest BCUT2D eigenvalue weighted by atomic mass is 79.9. The van der Waals surface area contributed by atoms with E-state index in [9.17, 15) is 9.59 Å². The van der Waals surface area contributed by atoms with E-state index < -0.39 is 5.97 Å². The molecule has 8 nitrogen and oxygen atoms in total. The molecular formula is C52H75BrN2O6. The molecule has 4 saturated carbocycles. The van der Waals surface area contributed by atoms with Crippen molar-refractivity contribution < 1.29 is 28.9 Å². The van der Waals surface area contributed by atoms with Crippen molar-refractivity contribution in [1.82, 2.24) is 10.2 Å². The largest absolute Gasteiger partial charge is 0.490 e. The molecule has 336 valence electrons. The molecule has 8 rings (SSSR count). The molecule has 2 aliphatic heterocycles. The second-order valence-corrected chi connectivity index (χ2v) is 19.4. The molecule has 9 heteroatoms. The third-order valence-corrected chi connectivity index (χ3v) is 15.0. The van der Waals surface area contributed by atoms with Crippen LogP contribution in [-0.2, 0) is 14.3 Å². The molecular weight excluding hydrogens is 828 g/mol. The number of hydrogen-bond donors (Lipinski definition) is 2. The fourth-order valence-corrected chi connectivity index (χ4v) is 11.0. The summed E-state index contributed by atoms with van der Waals surface area (Å²) < 4.78 is 17.3. The van der Waals surface area contributed by atoms with E-state index in [0.29, 0.717) is 36.1 Å². The summed E-state index contributed by atoms with van der Waals surface area (Å²) in [4.78, 5) is 23.5. The Labute approximate surface area is 375 Å². The van der Waals surface area contributed by atoms with Crippen molar-refractivity contribution in [3.63, 3.8) is 0 Å². The van der Waals surface area contributed by atoms with Crippen LogP contribution in [-0.4, -0.2) is 78.8 Å². The Balaban J connectivity index is 0.000000173. The molecule has 2 N–H and O–H groups in total. The van der Waals surface area contributed by atoms with Gasteiger partial charge in [-0.3, -0.25) is 14.5 Å². The first kappa shape index (κ1) is 47.3. The monoisotopic (exact) mass is 902 g/mol. The summed E-state index contributed by atoms with van der Waals surface area (Å²) in [5.74, 6) is 1.26. The smallest absolute Gasteiger partial charge is 0.305 e. The number of esters is 1. The molecule has 0 aromatic heterocycles. The highest BCUT2D eigenvalue weighted by Crippen LogP contribution is 2.50. The maximum atomic E-state index is 10.6. The molecule has 4 fully saturated rings. The first-order valence-corrected chi connectivity index (χ1v) is 25.2. The van der Waals surface area contributed by atoms with Crippen LogP contribution < -0.4 is 14.8 Å². The average Bonchev–Trinajstić information content (AvgIpc) is 3.96. The molecule has 61 heavy (non-hydrogen) atoms. The van der Waals surface area contributed by atoms with Gasteiger partial charge in [-0.15, -0.1) is 0 Å². The molecule has 6 aliphatic rings. The SMILES string of the molecule is C1=C(c2ccc(OC3CCC4(CCCC4)CC3)cc2)CCNC1.CCOC(=O)CCCBr.O=C(O)CCCN1CC=C(c2ccc(OC3CCC4(CCCC4)CC3)cc2)CC1. The van der Waals surface area contributed by atoms with Crippen molar-refractivity contribution in [3.05, 3.63) is 71.8 Å². The Morgan fingerprint density at radius 3 is 1.67 bits per heavy atom. The van der Waals surface area contributed by atoms with Crippen LogP contribution in [0.5, 0.6) is 11.5 Å². The normalized spacial score (nSPS) is 22.2. The van der Waals surface area contributed by atoms with Gasteiger partial charge in [0.25, 0.3) is 0 Å². The number of carboxylic acids is 1. The number of carbonyl (C=O) groups is 2. The number of nitrogens with zero attached hydrogens (tertiary/aromatic N) is 1. The number of nitrogens with one attached hydrogen (secondary N) is 1. The van der Waals surface area contributed by atoms with Gasteiger partial charge in [0.1, 0.15) is 11.5 Å². The molecule has 0 atom stereocenters. The summed E-state index contributed by atoms with van der Waals surface area (Å²) in [6.45, 7) is 7.18. The standard InChI is InChI=1S/C25H35NO3.C21H29NO.C6H11BrO2/c27-24(28)4-3-17-26-18-11-21(12-19-26)20-5-7-22(8-6-20)29-23-9-15-25(16-10-23)13-1-2-14-25;1-2-12-21(11-1)13-7-20(8-14-21)23-19-5-3-17(4-6-19)18-9-15-22-16-10-18;1-2-9-6(8)4-3-5-7/h5-8,11,23H,1-4,9-10,12-19H2,(H,27,28);3-6,9,20,22H,1-2,7-8,10-16H2;2-5H2,1H3. The summed E-state index contributed by atoms with van der Waals surface area (Å²) in [6, 6.07) is 17.5. The Bertz CT molecular complexity index is 1670. The number of aliphatic carboxylic acids is 1. The van der Waals surface area contributed by atoms with Gasteiger partial charge in [-0.25, -0.2) is 0 Å². The van der Waals surface area contributed by atoms with E-state index in [1.54, 1.807) is 0 Å². The van der Waals surface area contributed by atoms with Crippen LogP contribution in [0.2, 0.25) is 0 Å². The van der Waals surface area contributed by atoms with Crippen LogP contribution in [0.1, 0.15) is 159 Å². The van der Waals surface area contributed by atoms with E-state index in [2.05, 4.69) is 91.6 Å². The molecule has 0 saturated heterocycles. The second-order valence-electron chi connectivity index (χ2n) is 18.7. The van der Waals surface area contributed by atoms with E-state index in [-0.39, 0.29) is 12.4 Å². The van der Waals surface area contributed by atoms with E-state index in [0.717, 1.165) is 75.2 Å². The molecule has 4 aliphatic carbocycles. The van der Waals surface area contributed by atoms with Crippen LogP contribution >= 0.6 is 15.9 Å². The van der Waals surface area contributed by atoms with Crippen molar-refractivity contribution in [2.75, 3.05) is 44.7 Å². The number of ether oxygens (including phenoxy) is 3. The van der Waals surface area contributed by atoms with Crippen LogP contribution in [0.3, 0.4) is 0 Å². The van der Waals surface area contributed by atoms with Crippen molar-refractivity contribution in [3.8, 4) is 11.5 Å². The molecule has 0 radical (unpaired) electrons. The van der Waals surface area contributed by atoms with Gasteiger partial charge in [0.05, 0.1) is 18.8 Å². The third-order valence-electron chi connectivity index (χ3n) is 14.4. The Morgan fingerprint density at radius 2 is 1.25 bits per heavy atom. The molecule has 2 heterocycles. The topological polar surface area (TPSA) is 97.3 Å². The van der Waals surface area contributed by atoms with Gasteiger partial charge in [-0.05, 0) is 180 Å². The van der Waals surface area contributed by atoms with Gasteiger partial charge in [-0.1, -0.05) is 78.0 Å². The number of carboxylic acid groups (broad SMARTS) is 1. The summed E-state index contributed by atoms with van der Waals surface area (Å²) in [5.41, 5.74) is 6.87. The summed E-state index contributed by atoms with van der Waals surface area (Å²) in [6.07, 6.45) is 32.0. The van der Waals surface area contributed by atoms with Crippen molar-refractivity contribution in [2.24, 2.45) is 10.8 Å². The Morgan fingerprint density at radius 1 is 0.721 bits per heavy atom. The molecule has 2 spiro atoms. The van der Waals surface area contributed by atoms with Crippen molar-refractivity contribution >= 4 is 39.0 Å². The lowest BCUT2D eigenvalue weighted by Gasteiger charge is -2.37. The molecule has 0 unspecified atom stereocenters. The van der Waals surface area contributed by atoms with Gasteiger partial charge in [0, 0.05) is 37.8 Å². The maximum Gasteiger partial charge on any atom is 0.305 e. The fourth-order valence-electron chi connectivity index (χ4n) is 10.7. The van der Waals surface area contributed by atoms with Crippen molar-refractivity contribution in [2.45, 2.75) is 160 Å². The van der Waals surface area contributed by atoms with Gasteiger partial charge in [0.15, 0.2) is 0 Å². The number of alkyl halides is 1. The summed E-state index contributed by atoms with van der Waals surface area (Å²) in [5, 5.41) is 13.0. The van der Waals surface area contributed by atoms with Gasteiger partial charge < -0.3 is 24.6 Å². The quantitative estimate of drug-likeness (QED) is 0.143. The number of carbonyl (C=O) groups excluding carboxylic acids is 1. The average molecular weight is 904 g/mol. The minimum atomic E-state index is -0.702. The number of benzene rings is 2. The van der Waals surface area contributed by atoms with Gasteiger partial charge in [-0.2, -0.15) is 0 Å². The van der Waals surface area contributed by atoms with E-state index in [4.69, 9.17) is 14.6 Å². The number of hydrogen-bond acceptors (Lipinski definition) is 7. The van der Waals surface area contributed by atoms with E-state index >= 15 is 0 Å². The predicted molar refractivity (Wildman–Crippen MR) is 251 cm³/mol. The molecule has 0 amide bonds. The maximum absolute atomic E-state index is 10.6. The zero-order valence-corrected chi connectivity index (χ0v) is 38.8. The number of rotatable bonds is 14. The summed E-state index contributed by atoms with van der Waals surface area (Å²) >= 11 is 3.22. The Kier molecular flexibility index (Phi) is 19.1. The highest BCUT2D eigenvalue weighted by molar-refractivity contribution is 9.09. The lowest BCUT2D eigenvalue weighted by molar-refractivity contribution is -0.143.